The standard InChI is InChI=1S/C18H17ClN2S/c1-20-9-8-15-14(12-20)18-16(11-17(19)22-18)21(15)10-7-13-5-3-2-4-6-13/h2-7,10-11H,8-9,12H2,1H3/b10-7-. The van der Waals surface area contributed by atoms with E-state index in [1.54, 1.807) is 11.3 Å². The second-order valence-corrected chi connectivity index (χ2v) is 7.46. The van der Waals surface area contributed by atoms with Gasteiger partial charge in [0.05, 0.1) is 14.6 Å². The third-order valence-electron chi connectivity index (χ3n) is 4.23. The first-order valence-electron chi connectivity index (χ1n) is 7.45. The molecule has 0 radical (unpaired) electrons. The highest BCUT2D eigenvalue weighted by Crippen LogP contribution is 2.38. The lowest BCUT2D eigenvalue weighted by Gasteiger charge is -2.23. The number of likely N-dealkylation sites (N-methyl/N-ethyl adjacent to an activating group) is 1. The van der Waals surface area contributed by atoms with E-state index in [4.69, 9.17) is 11.6 Å². The molecule has 0 saturated heterocycles. The molecular weight excluding hydrogens is 312 g/mol. The molecule has 1 aromatic carbocycles. The molecule has 4 heteroatoms. The Labute approximate surface area is 139 Å². The fraction of sp³-hybridized carbons (Fsp3) is 0.222. The van der Waals surface area contributed by atoms with E-state index in [-0.39, 0.29) is 0 Å². The van der Waals surface area contributed by atoms with Gasteiger partial charge in [-0.2, -0.15) is 0 Å². The van der Waals surface area contributed by atoms with Crippen molar-refractivity contribution in [2.75, 3.05) is 13.6 Å². The van der Waals surface area contributed by atoms with E-state index in [1.165, 1.54) is 27.0 Å². The molecule has 0 bridgehead atoms. The van der Waals surface area contributed by atoms with Gasteiger partial charge in [-0.15, -0.1) is 11.3 Å². The number of hydrogen-bond donors (Lipinski definition) is 0. The van der Waals surface area contributed by atoms with Crippen LogP contribution in [0.2, 0.25) is 4.34 Å². The Hall–Kier alpha value is -1.55. The zero-order valence-electron chi connectivity index (χ0n) is 12.4. The van der Waals surface area contributed by atoms with E-state index < -0.39 is 0 Å². The summed E-state index contributed by atoms with van der Waals surface area (Å²) >= 11 is 7.96. The molecule has 112 valence electrons. The number of thiophene rings is 1. The third kappa shape index (κ3) is 2.39. The zero-order chi connectivity index (χ0) is 15.1. The lowest BCUT2D eigenvalue weighted by atomic mass is 10.1. The highest BCUT2D eigenvalue weighted by Gasteiger charge is 2.23. The molecule has 2 nitrogen and oxygen atoms in total. The van der Waals surface area contributed by atoms with Gasteiger partial charge in [0.1, 0.15) is 0 Å². The normalized spacial score (nSPS) is 15.7. The molecule has 22 heavy (non-hydrogen) atoms. The minimum absolute atomic E-state index is 0.864. The Morgan fingerprint density at radius 3 is 2.86 bits per heavy atom. The maximum atomic E-state index is 6.26. The molecule has 0 saturated carbocycles. The Balaban J connectivity index is 1.84. The van der Waals surface area contributed by atoms with Gasteiger partial charge in [0, 0.05) is 37.0 Å². The van der Waals surface area contributed by atoms with Crippen molar-refractivity contribution in [3.63, 3.8) is 0 Å². The highest BCUT2D eigenvalue weighted by atomic mass is 35.5. The van der Waals surface area contributed by atoms with Crippen molar-refractivity contribution in [2.45, 2.75) is 13.0 Å². The van der Waals surface area contributed by atoms with Crippen molar-refractivity contribution < 1.29 is 0 Å². The number of halogens is 1. The molecule has 3 heterocycles. The zero-order valence-corrected chi connectivity index (χ0v) is 14.0. The summed E-state index contributed by atoms with van der Waals surface area (Å²) in [5, 5.41) is 0. The number of hydrogen-bond acceptors (Lipinski definition) is 2. The Bertz CT molecular complexity index is 845. The van der Waals surface area contributed by atoms with Crippen LogP contribution in [-0.2, 0) is 13.0 Å². The van der Waals surface area contributed by atoms with Gasteiger partial charge >= 0.3 is 0 Å². The molecule has 0 unspecified atom stereocenters. The summed E-state index contributed by atoms with van der Waals surface area (Å²) in [4.78, 5) is 2.38. The predicted molar refractivity (Wildman–Crippen MR) is 96.5 cm³/mol. The maximum Gasteiger partial charge on any atom is 0.0956 e. The van der Waals surface area contributed by atoms with E-state index in [0.29, 0.717) is 0 Å². The molecular formula is C18H17ClN2S. The molecule has 2 aromatic heterocycles. The first kappa shape index (κ1) is 14.1. The van der Waals surface area contributed by atoms with Crippen molar-refractivity contribution >= 4 is 45.4 Å². The molecule has 0 fully saturated rings. The number of fused-ring (bicyclic) bond motifs is 3. The molecule has 1 aliphatic rings. The maximum absolute atomic E-state index is 6.26. The first-order valence-corrected chi connectivity index (χ1v) is 8.64. The van der Waals surface area contributed by atoms with E-state index in [9.17, 15) is 0 Å². The number of aromatic nitrogens is 1. The van der Waals surface area contributed by atoms with Gasteiger partial charge in [0.2, 0.25) is 0 Å². The molecule has 4 rings (SSSR count). The van der Waals surface area contributed by atoms with Crippen molar-refractivity contribution in [3.8, 4) is 0 Å². The lowest BCUT2D eigenvalue weighted by Crippen LogP contribution is -2.26. The van der Waals surface area contributed by atoms with Crippen molar-refractivity contribution in [3.05, 3.63) is 57.6 Å². The third-order valence-corrected chi connectivity index (χ3v) is 5.54. The predicted octanol–water partition coefficient (Wildman–Crippen LogP) is 4.97. The molecule has 1 aliphatic heterocycles. The summed E-state index contributed by atoms with van der Waals surface area (Å²) in [6.07, 6.45) is 5.44. The smallest absolute Gasteiger partial charge is 0.0956 e. The topological polar surface area (TPSA) is 8.17 Å². The molecule has 0 N–H and O–H groups in total. The van der Waals surface area contributed by atoms with Crippen LogP contribution in [0.4, 0.5) is 0 Å². The number of benzene rings is 1. The van der Waals surface area contributed by atoms with Gasteiger partial charge in [-0.05, 0) is 24.8 Å². The van der Waals surface area contributed by atoms with E-state index in [0.717, 1.165) is 23.8 Å². The van der Waals surface area contributed by atoms with Crippen molar-refractivity contribution in [2.24, 2.45) is 0 Å². The average Bonchev–Trinajstić information content (AvgIpc) is 3.02. The summed E-state index contributed by atoms with van der Waals surface area (Å²) < 4.78 is 4.53. The van der Waals surface area contributed by atoms with E-state index >= 15 is 0 Å². The van der Waals surface area contributed by atoms with Crippen LogP contribution in [0.5, 0.6) is 0 Å². The highest BCUT2D eigenvalue weighted by molar-refractivity contribution is 7.22. The van der Waals surface area contributed by atoms with Crippen molar-refractivity contribution in [1.29, 1.82) is 0 Å². The minimum Gasteiger partial charge on any atom is -0.319 e. The Kier molecular flexibility index (Phi) is 3.57. The quantitative estimate of drug-likeness (QED) is 0.644. The summed E-state index contributed by atoms with van der Waals surface area (Å²) in [5.74, 6) is 0. The molecule has 3 aromatic rings. The molecule has 0 atom stereocenters. The summed E-state index contributed by atoms with van der Waals surface area (Å²) in [6, 6.07) is 12.5. The first-order chi connectivity index (χ1) is 10.7. The van der Waals surface area contributed by atoms with Crippen LogP contribution in [0.25, 0.3) is 22.5 Å². The van der Waals surface area contributed by atoms with Gasteiger partial charge < -0.3 is 9.47 Å². The molecule has 0 spiro atoms. The van der Waals surface area contributed by atoms with Crippen LogP contribution in [0.15, 0.2) is 36.4 Å². The lowest BCUT2D eigenvalue weighted by molar-refractivity contribution is 0.312. The summed E-state index contributed by atoms with van der Waals surface area (Å²) in [5.41, 5.74) is 5.33. The summed E-state index contributed by atoms with van der Waals surface area (Å²) in [6.45, 7) is 2.12. The molecule has 0 amide bonds. The fourth-order valence-corrected chi connectivity index (χ4v) is 4.41. The molecule has 0 aliphatic carbocycles. The van der Waals surface area contributed by atoms with Gasteiger partial charge in [0.25, 0.3) is 0 Å². The minimum atomic E-state index is 0.864. The van der Waals surface area contributed by atoms with Gasteiger partial charge in [0.15, 0.2) is 0 Å². The van der Waals surface area contributed by atoms with Gasteiger partial charge in [-0.1, -0.05) is 41.9 Å². The number of rotatable bonds is 2. The fourth-order valence-electron chi connectivity index (χ4n) is 3.14. The second kappa shape index (κ2) is 5.58. The van der Waals surface area contributed by atoms with Crippen LogP contribution in [-0.4, -0.2) is 23.1 Å². The monoisotopic (exact) mass is 328 g/mol. The van der Waals surface area contributed by atoms with Crippen LogP contribution in [0, 0.1) is 0 Å². The average molecular weight is 329 g/mol. The second-order valence-electron chi connectivity index (χ2n) is 5.77. The SMILES string of the molecule is CN1CCc2c(c3sc(Cl)cc3n2/C=C\c2ccccc2)C1. The van der Waals surface area contributed by atoms with Crippen LogP contribution >= 0.6 is 22.9 Å². The summed E-state index contributed by atoms with van der Waals surface area (Å²) in [7, 11) is 2.18. The van der Waals surface area contributed by atoms with E-state index in [2.05, 4.69) is 59.1 Å². The van der Waals surface area contributed by atoms with Crippen LogP contribution in [0.3, 0.4) is 0 Å². The number of nitrogens with zero attached hydrogens (tertiary/aromatic N) is 2. The van der Waals surface area contributed by atoms with Crippen molar-refractivity contribution in [1.82, 2.24) is 9.47 Å². The van der Waals surface area contributed by atoms with Gasteiger partial charge in [-0.3, -0.25) is 0 Å². The Morgan fingerprint density at radius 2 is 2.05 bits per heavy atom. The van der Waals surface area contributed by atoms with Crippen LogP contribution < -0.4 is 0 Å². The largest absolute Gasteiger partial charge is 0.319 e. The van der Waals surface area contributed by atoms with Crippen LogP contribution in [0.1, 0.15) is 16.8 Å². The van der Waals surface area contributed by atoms with E-state index in [1.807, 2.05) is 6.07 Å². The Morgan fingerprint density at radius 1 is 1.23 bits per heavy atom. The van der Waals surface area contributed by atoms with Gasteiger partial charge in [-0.25, -0.2) is 0 Å².